The van der Waals surface area contributed by atoms with Crippen LogP contribution in [0.15, 0.2) is 84.9 Å². The number of alkyl halides is 2. The van der Waals surface area contributed by atoms with Crippen molar-refractivity contribution in [3.63, 3.8) is 0 Å². The first-order valence-electron chi connectivity index (χ1n) is 9.76. The number of hydrogen-bond donors (Lipinski definition) is 0. The Kier molecular flexibility index (Phi) is 5.36. The fourth-order valence-electron chi connectivity index (χ4n) is 3.72. The van der Waals surface area contributed by atoms with Gasteiger partial charge in [-0.15, -0.1) is 0 Å². The van der Waals surface area contributed by atoms with Crippen LogP contribution in [0.2, 0.25) is 0 Å². The van der Waals surface area contributed by atoms with E-state index in [1.807, 2.05) is 0 Å². The van der Waals surface area contributed by atoms with Crippen molar-refractivity contribution in [2.45, 2.75) is 10.7 Å². The highest BCUT2D eigenvalue weighted by Crippen LogP contribution is 2.29. The molecule has 0 atom stereocenters. The van der Waals surface area contributed by atoms with E-state index in [0.717, 1.165) is 55.0 Å². The van der Waals surface area contributed by atoms with Crippen LogP contribution >= 0.6 is 31.9 Å². The van der Waals surface area contributed by atoms with Crippen molar-refractivity contribution in [2.75, 3.05) is 0 Å². The molecule has 0 N–H and O–H groups in total. The van der Waals surface area contributed by atoms with Crippen LogP contribution in [0.5, 0.6) is 0 Å². The van der Waals surface area contributed by atoms with E-state index in [1.54, 1.807) is 0 Å². The first-order valence-corrected chi connectivity index (χ1v) is 12.0. The zero-order chi connectivity index (χ0) is 20.5. The summed E-state index contributed by atoms with van der Waals surface area (Å²) < 4.78 is 0. The van der Waals surface area contributed by atoms with Crippen molar-refractivity contribution in [3.8, 4) is 22.5 Å². The Bertz CT molecular complexity index is 1270. The Morgan fingerprint density at radius 2 is 0.967 bits per heavy atom. The van der Waals surface area contributed by atoms with Crippen molar-refractivity contribution in [3.05, 3.63) is 96.1 Å². The van der Waals surface area contributed by atoms with Gasteiger partial charge in [0.05, 0.1) is 22.4 Å². The number of halogens is 2. The zero-order valence-electron chi connectivity index (χ0n) is 16.1. The molecule has 2 aromatic heterocycles. The average Bonchev–Trinajstić information content (AvgIpc) is 2.83. The molecule has 0 saturated heterocycles. The number of pyridine rings is 2. The van der Waals surface area contributed by atoms with E-state index in [1.165, 1.54) is 11.1 Å². The third kappa shape index (κ3) is 3.66. The second kappa shape index (κ2) is 8.29. The molecule has 5 aromatic rings. The summed E-state index contributed by atoms with van der Waals surface area (Å²) in [5.74, 6) is 0. The lowest BCUT2D eigenvalue weighted by atomic mass is 10.0. The molecule has 2 heterocycles. The Morgan fingerprint density at radius 3 is 1.40 bits per heavy atom. The minimum atomic E-state index is 0.829. The predicted octanol–water partition coefficient (Wildman–Crippen LogP) is 7.91. The first kappa shape index (κ1) is 19.4. The SMILES string of the molecule is BrCc1cccc(-c2ccc3ccc4ccc(-c5cccc(CBr)c5)nc4c3n2)c1. The fraction of sp³-hybridized carbons (Fsp3) is 0.0769. The maximum absolute atomic E-state index is 5.03. The lowest BCUT2D eigenvalue weighted by molar-refractivity contribution is 1.35. The van der Waals surface area contributed by atoms with Gasteiger partial charge >= 0.3 is 0 Å². The molecule has 0 aliphatic carbocycles. The molecule has 0 bridgehead atoms. The molecule has 4 heteroatoms. The van der Waals surface area contributed by atoms with Crippen LogP contribution in [-0.2, 0) is 10.7 Å². The van der Waals surface area contributed by atoms with E-state index in [2.05, 4.69) is 117 Å². The molecule has 0 radical (unpaired) electrons. The molecule has 0 saturated carbocycles. The lowest BCUT2D eigenvalue weighted by Crippen LogP contribution is -1.91. The summed E-state index contributed by atoms with van der Waals surface area (Å²) in [4.78, 5) is 10.1. The topological polar surface area (TPSA) is 25.8 Å². The number of aromatic nitrogens is 2. The van der Waals surface area contributed by atoms with E-state index < -0.39 is 0 Å². The van der Waals surface area contributed by atoms with Crippen LogP contribution in [0.4, 0.5) is 0 Å². The summed E-state index contributed by atoms with van der Waals surface area (Å²) in [5, 5.41) is 3.86. The molecule has 0 spiro atoms. The zero-order valence-corrected chi connectivity index (χ0v) is 19.3. The quantitative estimate of drug-likeness (QED) is 0.179. The molecule has 0 amide bonds. The average molecular weight is 518 g/mol. The first-order chi connectivity index (χ1) is 14.7. The molecule has 5 rings (SSSR count). The Balaban J connectivity index is 1.70. The minimum absolute atomic E-state index is 0.829. The van der Waals surface area contributed by atoms with Crippen LogP contribution in [0.25, 0.3) is 44.3 Å². The summed E-state index contributed by atoms with van der Waals surface area (Å²) in [6.45, 7) is 0. The maximum atomic E-state index is 5.03. The maximum Gasteiger partial charge on any atom is 0.0972 e. The minimum Gasteiger partial charge on any atom is -0.245 e. The Morgan fingerprint density at radius 1 is 0.533 bits per heavy atom. The highest BCUT2D eigenvalue weighted by molar-refractivity contribution is 9.08. The third-order valence-electron chi connectivity index (χ3n) is 5.27. The molecular weight excluding hydrogens is 500 g/mol. The van der Waals surface area contributed by atoms with Crippen molar-refractivity contribution in [1.29, 1.82) is 0 Å². The van der Waals surface area contributed by atoms with Gasteiger partial charge in [0.25, 0.3) is 0 Å². The summed E-state index contributed by atoms with van der Waals surface area (Å²) in [6, 6.07) is 29.6. The van der Waals surface area contributed by atoms with Crippen molar-refractivity contribution < 1.29 is 0 Å². The molecule has 3 aromatic carbocycles. The van der Waals surface area contributed by atoms with Crippen LogP contribution in [-0.4, -0.2) is 9.97 Å². The highest BCUT2D eigenvalue weighted by atomic mass is 79.9. The van der Waals surface area contributed by atoms with Gasteiger partial charge in [-0.1, -0.05) is 92.5 Å². The van der Waals surface area contributed by atoms with Crippen LogP contribution in [0, 0.1) is 0 Å². The molecule has 0 aliphatic rings. The van der Waals surface area contributed by atoms with Gasteiger partial charge in [-0.25, -0.2) is 9.97 Å². The van der Waals surface area contributed by atoms with Gasteiger partial charge in [0, 0.05) is 32.6 Å². The molecule has 30 heavy (non-hydrogen) atoms. The summed E-state index contributed by atoms with van der Waals surface area (Å²) in [7, 11) is 0. The monoisotopic (exact) mass is 516 g/mol. The number of fused-ring (bicyclic) bond motifs is 3. The molecule has 0 aliphatic heterocycles. The Labute approximate surface area is 192 Å². The normalized spacial score (nSPS) is 11.3. The van der Waals surface area contributed by atoms with Gasteiger partial charge in [0.1, 0.15) is 0 Å². The second-order valence-corrected chi connectivity index (χ2v) is 8.39. The van der Waals surface area contributed by atoms with Crippen molar-refractivity contribution in [1.82, 2.24) is 9.97 Å². The van der Waals surface area contributed by atoms with Crippen LogP contribution in [0.1, 0.15) is 11.1 Å². The number of nitrogens with zero attached hydrogens (tertiary/aromatic N) is 2. The lowest BCUT2D eigenvalue weighted by Gasteiger charge is -2.09. The van der Waals surface area contributed by atoms with Crippen molar-refractivity contribution >= 4 is 53.7 Å². The van der Waals surface area contributed by atoms with E-state index in [-0.39, 0.29) is 0 Å². The van der Waals surface area contributed by atoms with Crippen LogP contribution in [0.3, 0.4) is 0 Å². The number of rotatable bonds is 4. The fourth-order valence-corrected chi connectivity index (χ4v) is 4.41. The third-order valence-corrected chi connectivity index (χ3v) is 6.57. The second-order valence-electron chi connectivity index (χ2n) is 7.27. The van der Waals surface area contributed by atoms with E-state index >= 15 is 0 Å². The summed E-state index contributed by atoms with van der Waals surface area (Å²) >= 11 is 7.09. The van der Waals surface area contributed by atoms with Gasteiger partial charge in [-0.3, -0.25) is 0 Å². The largest absolute Gasteiger partial charge is 0.245 e. The number of hydrogen-bond acceptors (Lipinski definition) is 2. The molecule has 0 fully saturated rings. The van der Waals surface area contributed by atoms with Gasteiger partial charge in [-0.05, 0) is 35.4 Å². The van der Waals surface area contributed by atoms with E-state index in [4.69, 9.17) is 9.97 Å². The van der Waals surface area contributed by atoms with Gasteiger partial charge < -0.3 is 0 Å². The summed E-state index contributed by atoms with van der Waals surface area (Å²) in [5.41, 5.74) is 8.51. The smallest absolute Gasteiger partial charge is 0.0972 e. The van der Waals surface area contributed by atoms with Gasteiger partial charge in [0.2, 0.25) is 0 Å². The molecule has 146 valence electrons. The van der Waals surface area contributed by atoms with Crippen LogP contribution < -0.4 is 0 Å². The molecule has 0 unspecified atom stereocenters. The highest BCUT2D eigenvalue weighted by Gasteiger charge is 2.09. The Hall–Kier alpha value is -2.56. The number of benzene rings is 3. The summed E-state index contributed by atoms with van der Waals surface area (Å²) in [6.07, 6.45) is 0. The van der Waals surface area contributed by atoms with Gasteiger partial charge in [0.15, 0.2) is 0 Å². The van der Waals surface area contributed by atoms with E-state index in [0.29, 0.717) is 0 Å². The van der Waals surface area contributed by atoms with E-state index in [9.17, 15) is 0 Å². The molecular formula is C26H18Br2N2. The molecule has 2 nitrogen and oxygen atoms in total. The van der Waals surface area contributed by atoms with Gasteiger partial charge in [-0.2, -0.15) is 0 Å². The predicted molar refractivity (Wildman–Crippen MR) is 133 cm³/mol. The van der Waals surface area contributed by atoms with Crippen molar-refractivity contribution in [2.24, 2.45) is 0 Å². The standard InChI is InChI=1S/C26H18Br2N2/c27-15-17-3-1-5-21(13-17)23-11-9-19-7-8-20-10-12-24(30-26(20)25(19)29-23)22-6-2-4-18(14-22)16-28/h1-14H,15-16H2.